The van der Waals surface area contributed by atoms with E-state index in [-0.39, 0.29) is 0 Å². The second-order valence-electron chi connectivity index (χ2n) is 8.15. The molecule has 0 aliphatic heterocycles. The number of nitrogens with zero attached hydrogens (tertiary/aromatic N) is 1. The predicted octanol–water partition coefficient (Wildman–Crippen LogP) is 6.70. The number of rotatable bonds is 25. The molecule has 7 nitrogen and oxygen atoms in total. The fourth-order valence-corrected chi connectivity index (χ4v) is 8.36. The summed E-state index contributed by atoms with van der Waals surface area (Å²) in [6, 6.07) is 0. The highest BCUT2D eigenvalue weighted by molar-refractivity contribution is 7.66. The Morgan fingerprint density at radius 3 is 1.24 bits per heavy atom. The van der Waals surface area contributed by atoms with Crippen LogP contribution in [-0.2, 0) is 27.7 Å². The Bertz CT molecular complexity index is 386. The first-order valence-corrected chi connectivity index (χ1v) is 17.2. The van der Waals surface area contributed by atoms with E-state index in [0.29, 0.717) is 13.2 Å². The van der Waals surface area contributed by atoms with E-state index in [1.54, 1.807) is 7.11 Å². The lowest BCUT2D eigenvalue weighted by atomic mass is 10.5. The molecule has 0 amide bonds. The van der Waals surface area contributed by atoms with Gasteiger partial charge in [0.1, 0.15) is 24.6 Å². The lowest BCUT2D eigenvalue weighted by molar-refractivity contribution is -0.155. The normalized spacial score (nSPS) is 12.7. The van der Waals surface area contributed by atoms with Crippen molar-refractivity contribution in [1.82, 2.24) is 5.06 Å². The zero-order valence-corrected chi connectivity index (χ0v) is 24.6. The number of hydrogen-bond donors (Lipinski definition) is 0. The molecule has 0 atom stereocenters. The Morgan fingerprint density at radius 1 is 0.545 bits per heavy atom. The highest BCUT2D eigenvalue weighted by Crippen LogP contribution is 2.62. The van der Waals surface area contributed by atoms with Gasteiger partial charge in [-0.15, -0.1) is 0 Å². The first-order valence-electron chi connectivity index (χ1n) is 13.2. The monoisotopic (exact) mass is 515 g/mol. The quantitative estimate of drug-likeness (QED) is 0.0762. The first-order chi connectivity index (χ1) is 16.0. The summed E-state index contributed by atoms with van der Waals surface area (Å²) in [5.74, 6) is 0. The van der Waals surface area contributed by atoms with E-state index in [9.17, 15) is 0 Å². The molecule has 0 saturated heterocycles. The third kappa shape index (κ3) is 15.3. The van der Waals surface area contributed by atoms with Crippen LogP contribution in [0.1, 0.15) is 73.6 Å². The van der Waals surface area contributed by atoms with Crippen LogP contribution in [0.15, 0.2) is 0 Å². The molecule has 0 saturated carbocycles. The van der Waals surface area contributed by atoms with Gasteiger partial charge in [-0.25, -0.2) is 18.1 Å². The van der Waals surface area contributed by atoms with Crippen LogP contribution in [0.3, 0.4) is 0 Å². The van der Waals surface area contributed by atoms with Gasteiger partial charge >= 0.3 is 0 Å². The second kappa shape index (κ2) is 21.8. The van der Waals surface area contributed by atoms with Gasteiger partial charge in [0.05, 0.1) is 46.1 Å². The summed E-state index contributed by atoms with van der Waals surface area (Å²) in [6.07, 6.45) is 8.47. The molecule has 9 heteroatoms. The van der Waals surface area contributed by atoms with E-state index in [4.69, 9.17) is 27.7 Å². The standard InChI is InChI=1S/C24H55NO6P2/c1-8-17-28-32(12-5,29-18-9-2)23-15-25(27-22-14-21-26-7)16-24-33(13-6,30-19-10-3)31-20-11-4/h8-24H2,1-7H3/q+2. The SMILES string of the molecule is CCCO[P+](CC)(CCN(CC[P+](CC)(OCCC)OCCC)OCCCOC)OCCC. The van der Waals surface area contributed by atoms with Gasteiger partial charge in [-0.1, -0.05) is 27.7 Å². The van der Waals surface area contributed by atoms with Crippen LogP contribution >= 0.6 is 15.4 Å². The van der Waals surface area contributed by atoms with Crippen molar-refractivity contribution in [3.8, 4) is 0 Å². The minimum atomic E-state index is -1.92. The third-order valence-corrected chi connectivity index (χ3v) is 11.5. The van der Waals surface area contributed by atoms with E-state index in [0.717, 1.165) is 96.3 Å². The van der Waals surface area contributed by atoms with E-state index >= 15 is 0 Å². The molecule has 0 heterocycles. The van der Waals surface area contributed by atoms with Crippen molar-refractivity contribution in [2.45, 2.75) is 73.6 Å². The minimum absolute atomic E-state index is 0.639. The van der Waals surface area contributed by atoms with Gasteiger partial charge in [-0.2, -0.15) is 5.06 Å². The van der Waals surface area contributed by atoms with E-state index in [1.807, 2.05) is 0 Å². The van der Waals surface area contributed by atoms with E-state index < -0.39 is 15.4 Å². The van der Waals surface area contributed by atoms with Crippen LogP contribution in [0.25, 0.3) is 0 Å². The van der Waals surface area contributed by atoms with Crippen molar-refractivity contribution in [2.24, 2.45) is 0 Å². The molecule has 0 bridgehead atoms. The van der Waals surface area contributed by atoms with Gasteiger partial charge in [-0.05, 0) is 46.0 Å². The molecule has 0 rings (SSSR count). The fraction of sp³-hybridized carbons (Fsp3) is 1.00. The molecule has 0 unspecified atom stereocenters. The van der Waals surface area contributed by atoms with E-state index in [2.05, 4.69) is 46.6 Å². The van der Waals surface area contributed by atoms with Crippen LogP contribution in [0.5, 0.6) is 0 Å². The average molecular weight is 516 g/mol. The molecule has 0 aromatic heterocycles. The van der Waals surface area contributed by atoms with Gasteiger partial charge < -0.3 is 4.74 Å². The Kier molecular flexibility index (Phi) is 22.2. The molecule has 200 valence electrons. The highest BCUT2D eigenvalue weighted by Gasteiger charge is 2.43. The molecule has 0 aliphatic rings. The van der Waals surface area contributed by atoms with Gasteiger partial charge in [0, 0.05) is 13.7 Å². The van der Waals surface area contributed by atoms with Crippen LogP contribution in [0.4, 0.5) is 0 Å². The maximum absolute atomic E-state index is 6.34. The molecular weight excluding hydrogens is 460 g/mol. The summed E-state index contributed by atoms with van der Waals surface area (Å²) in [5, 5.41) is 2.10. The Morgan fingerprint density at radius 2 is 0.939 bits per heavy atom. The molecule has 0 fully saturated rings. The summed E-state index contributed by atoms with van der Waals surface area (Å²) >= 11 is 0. The largest absolute Gasteiger partial charge is 0.385 e. The van der Waals surface area contributed by atoms with E-state index in [1.165, 1.54) is 0 Å². The number of hydrogen-bond acceptors (Lipinski definition) is 7. The molecule has 0 aromatic carbocycles. The van der Waals surface area contributed by atoms with Crippen molar-refractivity contribution in [3.63, 3.8) is 0 Å². The molecule has 0 spiro atoms. The minimum Gasteiger partial charge on any atom is -0.385 e. The third-order valence-electron chi connectivity index (χ3n) is 5.23. The van der Waals surface area contributed by atoms with Gasteiger partial charge in [0.2, 0.25) is 0 Å². The van der Waals surface area contributed by atoms with Crippen LogP contribution in [-0.4, -0.2) is 89.6 Å². The fourth-order valence-electron chi connectivity index (χ4n) is 3.21. The maximum Gasteiger partial charge on any atom is 0.276 e. The summed E-state index contributed by atoms with van der Waals surface area (Å²) < 4.78 is 30.6. The van der Waals surface area contributed by atoms with Crippen LogP contribution in [0, 0.1) is 0 Å². The molecule has 0 aromatic rings. The second-order valence-corrected chi connectivity index (χ2v) is 14.6. The topological polar surface area (TPSA) is 58.6 Å². The summed E-state index contributed by atoms with van der Waals surface area (Å²) in [5.41, 5.74) is 0. The van der Waals surface area contributed by atoms with Crippen molar-refractivity contribution >= 4 is 15.4 Å². The van der Waals surface area contributed by atoms with Gasteiger partial charge in [-0.3, -0.25) is 4.84 Å². The van der Waals surface area contributed by atoms with Crippen LogP contribution in [0.2, 0.25) is 0 Å². The Labute approximate surface area is 206 Å². The van der Waals surface area contributed by atoms with Gasteiger partial charge in [0.15, 0.2) is 0 Å². The molecule has 0 radical (unpaired) electrons. The summed E-state index contributed by atoms with van der Waals surface area (Å²) in [7, 11) is -2.10. The zero-order chi connectivity index (χ0) is 24.8. The smallest absolute Gasteiger partial charge is 0.276 e. The summed E-state index contributed by atoms with van der Waals surface area (Å²) in [4.78, 5) is 6.21. The molecular formula is C24H55NO6P2+2. The first kappa shape index (κ1) is 33.6. The number of hydroxylamine groups is 2. The Balaban J connectivity index is 5.27. The summed E-state index contributed by atoms with van der Waals surface area (Å²) in [6.45, 7) is 18.9. The molecule has 33 heavy (non-hydrogen) atoms. The van der Waals surface area contributed by atoms with Gasteiger partial charge in [0.25, 0.3) is 15.4 Å². The highest BCUT2D eigenvalue weighted by atomic mass is 31.2. The van der Waals surface area contributed by atoms with Crippen LogP contribution < -0.4 is 0 Å². The average Bonchev–Trinajstić information content (AvgIpc) is 2.85. The molecule has 0 N–H and O–H groups in total. The zero-order valence-electron chi connectivity index (χ0n) is 22.8. The lowest BCUT2D eigenvalue weighted by Gasteiger charge is -2.29. The van der Waals surface area contributed by atoms with Crippen molar-refractivity contribution in [3.05, 3.63) is 0 Å². The van der Waals surface area contributed by atoms with Crippen molar-refractivity contribution in [2.75, 3.05) is 84.5 Å². The van der Waals surface area contributed by atoms with Crippen molar-refractivity contribution in [1.29, 1.82) is 0 Å². The van der Waals surface area contributed by atoms with Crippen molar-refractivity contribution < 1.29 is 27.7 Å². The number of ether oxygens (including phenoxy) is 1. The Hall–Kier alpha value is 0.580. The maximum atomic E-state index is 6.34. The lowest BCUT2D eigenvalue weighted by Crippen LogP contribution is -2.33. The number of methoxy groups -OCH3 is 1. The predicted molar refractivity (Wildman–Crippen MR) is 144 cm³/mol. The molecule has 0 aliphatic carbocycles.